The average Bonchev–Trinajstić information content (AvgIpc) is 2.80. The molecule has 2 aromatic heterocycles. The van der Waals surface area contributed by atoms with E-state index in [1.165, 1.54) is 16.3 Å². The summed E-state index contributed by atoms with van der Waals surface area (Å²) < 4.78 is 0. The van der Waals surface area contributed by atoms with Crippen LogP contribution in [0.3, 0.4) is 0 Å². The van der Waals surface area contributed by atoms with Gasteiger partial charge in [-0.25, -0.2) is 0 Å². The Balaban J connectivity index is 1.47. The Bertz CT molecular complexity index is 1280. The van der Waals surface area contributed by atoms with Crippen molar-refractivity contribution in [3.63, 3.8) is 0 Å². The molecule has 5 aromatic rings. The molecule has 3 aromatic carbocycles. The molecule has 0 aliphatic heterocycles. The molecular formula is C26H17ClN2. The number of pyridine rings is 2. The Morgan fingerprint density at radius 3 is 1.83 bits per heavy atom. The van der Waals surface area contributed by atoms with Crippen LogP contribution >= 0.6 is 11.6 Å². The molecule has 0 amide bonds. The van der Waals surface area contributed by atoms with Gasteiger partial charge in [-0.2, -0.15) is 0 Å². The lowest BCUT2D eigenvalue weighted by Gasteiger charge is -2.08. The third kappa shape index (κ3) is 3.63. The highest BCUT2D eigenvalue weighted by Gasteiger charge is 2.05. The van der Waals surface area contributed by atoms with Crippen molar-refractivity contribution in [1.82, 2.24) is 9.97 Å². The van der Waals surface area contributed by atoms with Crippen molar-refractivity contribution in [2.24, 2.45) is 0 Å². The van der Waals surface area contributed by atoms with Gasteiger partial charge in [0.15, 0.2) is 0 Å². The number of hydrogen-bond donors (Lipinski definition) is 0. The van der Waals surface area contributed by atoms with Crippen molar-refractivity contribution in [3.8, 4) is 33.5 Å². The van der Waals surface area contributed by atoms with E-state index in [-0.39, 0.29) is 0 Å². The van der Waals surface area contributed by atoms with Crippen LogP contribution in [0.2, 0.25) is 5.02 Å². The van der Waals surface area contributed by atoms with Gasteiger partial charge in [0, 0.05) is 34.7 Å². The van der Waals surface area contributed by atoms with Gasteiger partial charge in [-0.15, -0.1) is 0 Å². The summed E-state index contributed by atoms with van der Waals surface area (Å²) in [5.74, 6) is 0. The van der Waals surface area contributed by atoms with Crippen molar-refractivity contribution in [2.75, 3.05) is 0 Å². The molecule has 0 bridgehead atoms. The smallest absolute Gasteiger partial charge is 0.0717 e. The Kier molecular flexibility index (Phi) is 4.55. The highest BCUT2D eigenvalue weighted by Crippen LogP contribution is 2.29. The van der Waals surface area contributed by atoms with Gasteiger partial charge < -0.3 is 0 Å². The molecule has 0 radical (unpaired) electrons. The predicted molar refractivity (Wildman–Crippen MR) is 121 cm³/mol. The lowest BCUT2D eigenvalue weighted by molar-refractivity contribution is 1.28. The molecule has 0 saturated heterocycles. The van der Waals surface area contributed by atoms with Crippen LogP contribution in [0.4, 0.5) is 0 Å². The predicted octanol–water partition coefficient (Wildman–Crippen LogP) is 7.28. The molecule has 138 valence electrons. The van der Waals surface area contributed by atoms with E-state index in [0.717, 1.165) is 33.0 Å². The number of hydrogen-bond acceptors (Lipinski definition) is 2. The SMILES string of the molecule is Clc1ccc(-c2ccc3cc(-c4ccc(-c5cccnc5)nc4)ccc3c2)cc1. The Morgan fingerprint density at radius 1 is 0.552 bits per heavy atom. The van der Waals surface area contributed by atoms with E-state index in [2.05, 4.69) is 52.4 Å². The highest BCUT2D eigenvalue weighted by molar-refractivity contribution is 6.30. The van der Waals surface area contributed by atoms with Crippen LogP contribution in [0.25, 0.3) is 44.3 Å². The molecule has 0 aliphatic carbocycles. The van der Waals surface area contributed by atoms with Gasteiger partial charge in [0.25, 0.3) is 0 Å². The molecule has 29 heavy (non-hydrogen) atoms. The third-order valence-electron chi connectivity index (χ3n) is 5.07. The zero-order valence-corrected chi connectivity index (χ0v) is 16.3. The fraction of sp³-hybridized carbons (Fsp3) is 0. The molecule has 0 saturated carbocycles. The van der Waals surface area contributed by atoms with E-state index in [1.807, 2.05) is 54.9 Å². The largest absolute Gasteiger partial charge is 0.264 e. The Morgan fingerprint density at radius 2 is 1.21 bits per heavy atom. The average molecular weight is 393 g/mol. The summed E-state index contributed by atoms with van der Waals surface area (Å²) in [5.41, 5.74) is 6.55. The van der Waals surface area contributed by atoms with Crippen molar-refractivity contribution < 1.29 is 0 Å². The van der Waals surface area contributed by atoms with E-state index in [0.29, 0.717) is 0 Å². The normalized spacial score (nSPS) is 10.9. The van der Waals surface area contributed by atoms with Crippen LogP contribution in [-0.4, -0.2) is 9.97 Å². The third-order valence-corrected chi connectivity index (χ3v) is 5.32. The zero-order valence-electron chi connectivity index (χ0n) is 15.6. The minimum atomic E-state index is 0.752. The first-order valence-electron chi connectivity index (χ1n) is 9.43. The van der Waals surface area contributed by atoms with Gasteiger partial charge in [-0.1, -0.05) is 54.1 Å². The lowest BCUT2D eigenvalue weighted by Crippen LogP contribution is -1.86. The van der Waals surface area contributed by atoms with Crippen molar-refractivity contribution in [2.45, 2.75) is 0 Å². The summed E-state index contributed by atoms with van der Waals surface area (Å²) in [6, 6.07) is 29.1. The fourth-order valence-electron chi connectivity index (χ4n) is 3.50. The van der Waals surface area contributed by atoms with Crippen LogP contribution < -0.4 is 0 Å². The van der Waals surface area contributed by atoms with Crippen LogP contribution in [0, 0.1) is 0 Å². The summed E-state index contributed by atoms with van der Waals surface area (Å²) in [5, 5.41) is 3.17. The molecule has 0 aliphatic rings. The zero-order chi connectivity index (χ0) is 19.6. The first-order valence-corrected chi connectivity index (χ1v) is 9.81. The van der Waals surface area contributed by atoms with Crippen molar-refractivity contribution >= 4 is 22.4 Å². The number of nitrogens with zero attached hydrogens (tertiary/aromatic N) is 2. The molecule has 0 atom stereocenters. The van der Waals surface area contributed by atoms with Crippen LogP contribution in [0.5, 0.6) is 0 Å². The topological polar surface area (TPSA) is 25.8 Å². The molecule has 0 unspecified atom stereocenters. The lowest BCUT2D eigenvalue weighted by atomic mass is 9.98. The molecule has 2 nitrogen and oxygen atoms in total. The van der Waals surface area contributed by atoms with E-state index in [4.69, 9.17) is 11.6 Å². The first-order chi connectivity index (χ1) is 14.3. The second-order valence-electron chi connectivity index (χ2n) is 6.96. The van der Waals surface area contributed by atoms with E-state index >= 15 is 0 Å². The monoisotopic (exact) mass is 392 g/mol. The maximum absolute atomic E-state index is 6.01. The van der Waals surface area contributed by atoms with Gasteiger partial charge >= 0.3 is 0 Å². The fourth-order valence-corrected chi connectivity index (χ4v) is 3.62. The molecular weight excluding hydrogens is 376 g/mol. The van der Waals surface area contributed by atoms with Crippen LogP contribution in [0.1, 0.15) is 0 Å². The minimum absolute atomic E-state index is 0.752. The molecule has 0 spiro atoms. The van der Waals surface area contributed by atoms with Gasteiger partial charge in [-0.05, 0) is 69.9 Å². The van der Waals surface area contributed by atoms with Crippen LogP contribution in [-0.2, 0) is 0 Å². The molecule has 0 N–H and O–H groups in total. The second kappa shape index (κ2) is 7.50. The molecule has 3 heteroatoms. The van der Waals surface area contributed by atoms with Crippen molar-refractivity contribution in [1.29, 1.82) is 0 Å². The highest BCUT2D eigenvalue weighted by atomic mass is 35.5. The summed E-state index contributed by atoms with van der Waals surface area (Å²) in [6.07, 6.45) is 5.52. The van der Waals surface area contributed by atoms with E-state index in [1.54, 1.807) is 6.20 Å². The van der Waals surface area contributed by atoms with Crippen molar-refractivity contribution in [3.05, 3.63) is 109 Å². The molecule has 2 heterocycles. The number of rotatable bonds is 3. The summed E-state index contributed by atoms with van der Waals surface area (Å²) in [7, 11) is 0. The minimum Gasteiger partial charge on any atom is -0.264 e. The standard InChI is InChI=1S/C26H17ClN2/c27-25-10-7-18(8-11-25)19-3-4-21-15-22(6-5-20(21)14-19)23-9-12-26(29-17-23)24-2-1-13-28-16-24/h1-17H. The Hall–Kier alpha value is -3.49. The van der Waals surface area contributed by atoms with E-state index in [9.17, 15) is 0 Å². The first kappa shape index (κ1) is 17.6. The van der Waals surface area contributed by atoms with Gasteiger partial charge in [0.1, 0.15) is 0 Å². The number of halogens is 1. The molecule has 5 rings (SSSR count). The summed E-state index contributed by atoms with van der Waals surface area (Å²) in [6.45, 7) is 0. The summed E-state index contributed by atoms with van der Waals surface area (Å²) >= 11 is 6.01. The quantitative estimate of drug-likeness (QED) is 0.322. The Labute approximate surface area is 174 Å². The summed E-state index contributed by atoms with van der Waals surface area (Å²) in [4.78, 5) is 8.78. The second-order valence-corrected chi connectivity index (χ2v) is 7.39. The van der Waals surface area contributed by atoms with Gasteiger partial charge in [0.2, 0.25) is 0 Å². The maximum atomic E-state index is 6.01. The number of fused-ring (bicyclic) bond motifs is 1. The number of benzene rings is 3. The van der Waals surface area contributed by atoms with Crippen LogP contribution in [0.15, 0.2) is 104 Å². The van der Waals surface area contributed by atoms with Gasteiger partial charge in [0.05, 0.1) is 5.69 Å². The molecule has 0 fully saturated rings. The maximum Gasteiger partial charge on any atom is 0.0717 e. The number of aromatic nitrogens is 2. The van der Waals surface area contributed by atoms with Gasteiger partial charge in [-0.3, -0.25) is 9.97 Å². The van der Waals surface area contributed by atoms with E-state index < -0.39 is 0 Å².